The number of para-hydroxylation sites is 1. The van der Waals surface area contributed by atoms with Crippen LogP contribution < -0.4 is 10.6 Å². The van der Waals surface area contributed by atoms with Crippen molar-refractivity contribution in [1.29, 1.82) is 0 Å². The lowest BCUT2D eigenvalue weighted by Gasteiger charge is -2.12. The number of aryl methyl sites for hydroxylation is 1. The maximum absolute atomic E-state index is 12.4. The third-order valence-corrected chi connectivity index (χ3v) is 3.41. The fourth-order valence-corrected chi connectivity index (χ4v) is 2.41. The number of halogens is 1. The largest absolute Gasteiger partial charge is 0.326 e. The van der Waals surface area contributed by atoms with Gasteiger partial charge >= 0.3 is 0 Å². The van der Waals surface area contributed by atoms with E-state index in [-0.39, 0.29) is 11.8 Å². The van der Waals surface area contributed by atoms with Crippen molar-refractivity contribution in [3.8, 4) is 0 Å². The predicted molar refractivity (Wildman–Crippen MR) is 87.6 cm³/mol. The summed E-state index contributed by atoms with van der Waals surface area (Å²) >= 11 is 3.39. The Balaban J connectivity index is 2.26. The van der Waals surface area contributed by atoms with Crippen LogP contribution in [-0.4, -0.2) is 11.8 Å². The number of amides is 2. The number of rotatable bonds is 3. The highest BCUT2D eigenvalue weighted by molar-refractivity contribution is 9.10. The number of anilines is 2. The third-order valence-electron chi connectivity index (χ3n) is 2.92. The second kappa shape index (κ2) is 6.54. The van der Waals surface area contributed by atoms with Gasteiger partial charge in [-0.25, -0.2) is 0 Å². The zero-order valence-electron chi connectivity index (χ0n) is 11.7. The number of carbonyl (C=O) groups is 2. The molecule has 0 fully saturated rings. The van der Waals surface area contributed by atoms with Gasteiger partial charge in [-0.2, -0.15) is 0 Å². The lowest BCUT2D eigenvalue weighted by atomic mass is 10.1. The molecule has 0 spiro atoms. The van der Waals surface area contributed by atoms with Gasteiger partial charge in [0.15, 0.2) is 0 Å². The summed E-state index contributed by atoms with van der Waals surface area (Å²) in [5.41, 5.74) is 2.61. The maximum atomic E-state index is 12.4. The molecule has 2 N–H and O–H groups in total. The smallest absolute Gasteiger partial charge is 0.257 e. The Kier molecular flexibility index (Phi) is 4.75. The van der Waals surface area contributed by atoms with Crippen LogP contribution in [0.2, 0.25) is 0 Å². The normalized spacial score (nSPS) is 10.0. The minimum atomic E-state index is -0.259. The molecule has 0 aliphatic carbocycles. The van der Waals surface area contributed by atoms with Crippen molar-refractivity contribution in [1.82, 2.24) is 0 Å². The van der Waals surface area contributed by atoms with E-state index in [1.54, 1.807) is 24.3 Å². The van der Waals surface area contributed by atoms with Gasteiger partial charge in [0.1, 0.15) is 0 Å². The molecule has 0 atom stereocenters. The quantitative estimate of drug-likeness (QED) is 0.883. The van der Waals surface area contributed by atoms with Gasteiger partial charge in [0.25, 0.3) is 5.91 Å². The molecular formula is C16H15BrN2O2. The monoisotopic (exact) mass is 346 g/mol. The van der Waals surface area contributed by atoms with E-state index in [0.717, 1.165) is 15.7 Å². The molecule has 21 heavy (non-hydrogen) atoms. The van der Waals surface area contributed by atoms with Gasteiger partial charge in [0.2, 0.25) is 5.91 Å². The van der Waals surface area contributed by atoms with Gasteiger partial charge < -0.3 is 10.6 Å². The third kappa shape index (κ3) is 3.92. The summed E-state index contributed by atoms with van der Waals surface area (Å²) in [5.74, 6) is -0.472. The second-order valence-electron chi connectivity index (χ2n) is 4.64. The fraction of sp³-hybridized carbons (Fsp3) is 0.125. The van der Waals surface area contributed by atoms with Crippen LogP contribution in [0.25, 0.3) is 0 Å². The van der Waals surface area contributed by atoms with Crippen molar-refractivity contribution in [3.05, 3.63) is 58.1 Å². The molecule has 0 saturated carbocycles. The Morgan fingerprint density at radius 3 is 2.38 bits per heavy atom. The molecule has 2 rings (SSSR count). The Hall–Kier alpha value is -2.14. The van der Waals surface area contributed by atoms with Gasteiger partial charge in [0, 0.05) is 17.1 Å². The molecule has 2 aromatic rings. The van der Waals surface area contributed by atoms with Gasteiger partial charge in [-0.1, -0.05) is 28.1 Å². The van der Waals surface area contributed by atoms with Crippen LogP contribution in [0.1, 0.15) is 22.8 Å². The minimum absolute atomic E-state index is 0.213. The highest BCUT2D eigenvalue weighted by atomic mass is 79.9. The Morgan fingerprint density at radius 2 is 1.71 bits per heavy atom. The molecule has 0 saturated heterocycles. The standard InChI is InChI=1S/C16H15BrN2O2/c1-10-9-12(17)7-8-14(10)19-16(21)13-5-3-4-6-15(13)18-11(2)20/h3-9H,1-2H3,(H,18,20)(H,19,21). The maximum Gasteiger partial charge on any atom is 0.257 e. The highest BCUT2D eigenvalue weighted by Crippen LogP contribution is 2.22. The number of carbonyl (C=O) groups excluding carboxylic acids is 2. The van der Waals surface area contributed by atoms with Crippen LogP contribution in [0.5, 0.6) is 0 Å². The molecule has 2 aromatic carbocycles. The Labute approximate surface area is 131 Å². The fourth-order valence-electron chi connectivity index (χ4n) is 1.94. The van der Waals surface area contributed by atoms with E-state index in [1.807, 2.05) is 25.1 Å². The molecule has 108 valence electrons. The van der Waals surface area contributed by atoms with Crippen molar-refractivity contribution in [3.63, 3.8) is 0 Å². The van der Waals surface area contributed by atoms with Crippen molar-refractivity contribution in [2.24, 2.45) is 0 Å². The van der Waals surface area contributed by atoms with Crippen molar-refractivity contribution >= 4 is 39.1 Å². The minimum Gasteiger partial charge on any atom is -0.326 e. The summed E-state index contributed by atoms with van der Waals surface area (Å²) in [6.45, 7) is 3.33. The van der Waals surface area contributed by atoms with E-state index in [4.69, 9.17) is 0 Å². The summed E-state index contributed by atoms with van der Waals surface area (Å²) in [7, 11) is 0. The van der Waals surface area contributed by atoms with E-state index in [9.17, 15) is 9.59 Å². The molecule has 0 heterocycles. The molecule has 0 radical (unpaired) electrons. The van der Waals surface area contributed by atoms with E-state index in [2.05, 4.69) is 26.6 Å². The lowest BCUT2D eigenvalue weighted by molar-refractivity contribution is -0.114. The lowest BCUT2D eigenvalue weighted by Crippen LogP contribution is -2.17. The number of nitrogens with one attached hydrogen (secondary N) is 2. The van der Waals surface area contributed by atoms with Crippen molar-refractivity contribution < 1.29 is 9.59 Å². The number of benzene rings is 2. The summed E-state index contributed by atoms with van der Waals surface area (Å²) in [4.78, 5) is 23.6. The average molecular weight is 347 g/mol. The highest BCUT2D eigenvalue weighted by Gasteiger charge is 2.12. The van der Waals surface area contributed by atoms with Gasteiger partial charge in [-0.05, 0) is 42.8 Å². The Bertz CT molecular complexity index is 698. The molecule has 5 heteroatoms. The summed E-state index contributed by atoms with van der Waals surface area (Å²) in [6, 6.07) is 12.5. The first kappa shape index (κ1) is 15.3. The molecule has 0 aromatic heterocycles. The van der Waals surface area contributed by atoms with E-state index in [1.165, 1.54) is 6.92 Å². The summed E-state index contributed by atoms with van der Waals surface area (Å²) < 4.78 is 0.955. The summed E-state index contributed by atoms with van der Waals surface area (Å²) in [5, 5.41) is 5.51. The van der Waals surface area contributed by atoms with Gasteiger partial charge in [0.05, 0.1) is 11.3 Å². The van der Waals surface area contributed by atoms with Gasteiger partial charge in [-0.3, -0.25) is 9.59 Å². The van der Waals surface area contributed by atoms with E-state index >= 15 is 0 Å². The van der Waals surface area contributed by atoms with Gasteiger partial charge in [-0.15, -0.1) is 0 Å². The van der Waals surface area contributed by atoms with E-state index in [0.29, 0.717) is 11.3 Å². The molecule has 0 unspecified atom stereocenters. The summed E-state index contributed by atoms with van der Waals surface area (Å²) in [6.07, 6.45) is 0. The SMILES string of the molecule is CC(=O)Nc1ccccc1C(=O)Nc1ccc(Br)cc1C. The molecular weight excluding hydrogens is 332 g/mol. The van der Waals surface area contributed by atoms with Crippen LogP contribution in [-0.2, 0) is 4.79 Å². The van der Waals surface area contributed by atoms with E-state index < -0.39 is 0 Å². The predicted octanol–water partition coefficient (Wildman–Crippen LogP) is 3.97. The first-order valence-electron chi connectivity index (χ1n) is 6.41. The molecule has 0 bridgehead atoms. The average Bonchev–Trinajstić information content (AvgIpc) is 2.42. The number of hydrogen-bond acceptors (Lipinski definition) is 2. The zero-order valence-corrected chi connectivity index (χ0v) is 13.3. The Morgan fingerprint density at radius 1 is 1.00 bits per heavy atom. The second-order valence-corrected chi connectivity index (χ2v) is 5.56. The molecule has 0 aliphatic heterocycles. The van der Waals surface area contributed by atoms with Crippen LogP contribution >= 0.6 is 15.9 Å². The molecule has 0 aliphatic rings. The van der Waals surface area contributed by atoms with Crippen LogP contribution in [0.15, 0.2) is 46.9 Å². The zero-order chi connectivity index (χ0) is 15.4. The van der Waals surface area contributed by atoms with Crippen LogP contribution in [0.3, 0.4) is 0 Å². The van der Waals surface area contributed by atoms with Crippen LogP contribution in [0.4, 0.5) is 11.4 Å². The number of hydrogen-bond donors (Lipinski definition) is 2. The van der Waals surface area contributed by atoms with Crippen LogP contribution in [0, 0.1) is 6.92 Å². The van der Waals surface area contributed by atoms with Crippen molar-refractivity contribution in [2.45, 2.75) is 13.8 Å². The van der Waals surface area contributed by atoms with Crippen molar-refractivity contribution in [2.75, 3.05) is 10.6 Å². The first-order valence-corrected chi connectivity index (χ1v) is 7.21. The molecule has 2 amide bonds. The molecule has 4 nitrogen and oxygen atoms in total. The first-order chi connectivity index (χ1) is 9.97. The topological polar surface area (TPSA) is 58.2 Å².